The predicted octanol–water partition coefficient (Wildman–Crippen LogP) is 7.19. The van der Waals surface area contributed by atoms with Gasteiger partial charge in [0, 0.05) is 24.7 Å². The zero-order valence-electron chi connectivity index (χ0n) is 21.0. The molecule has 0 aromatic heterocycles. The number of alkyl halides is 3. The second-order valence-electron chi connectivity index (χ2n) is 9.67. The molecule has 1 aromatic carbocycles. The van der Waals surface area contributed by atoms with Crippen molar-refractivity contribution in [3.63, 3.8) is 0 Å². The molecule has 1 fully saturated rings. The van der Waals surface area contributed by atoms with Gasteiger partial charge in [-0.1, -0.05) is 44.2 Å². The van der Waals surface area contributed by atoms with Gasteiger partial charge in [-0.3, -0.25) is 9.59 Å². The lowest BCUT2D eigenvalue weighted by Crippen LogP contribution is -2.15. The van der Waals surface area contributed by atoms with E-state index in [1.54, 1.807) is 0 Å². The van der Waals surface area contributed by atoms with Crippen molar-refractivity contribution in [1.82, 2.24) is 0 Å². The van der Waals surface area contributed by atoms with E-state index in [1.807, 2.05) is 39.0 Å². The lowest BCUT2D eigenvalue weighted by molar-refractivity contribution is -0.147. The molecular weight excluding hydrogens is 457 g/mol. The number of hydrogen-bond donors (Lipinski definition) is 0. The van der Waals surface area contributed by atoms with E-state index in [9.17, 15) is 22.8 Å². The molecule has 0 radical (unpaired) electrons. The fraction of sp³-hybridized carbons (Fsp3) is 0.571. The summed E-state index contributed by atoms with van der Waals surface area (Å²) in [4.78, 5) is 24.1. The number of Topliss-reactive ketones (excluding diaryl/α,β-unsaturated/α-hetero) is 1. The molecule has 0 saturated heterocycles. The monoisotopic (exact) mass is 494 g/mol. The molecule has 35 heavy (non-hydrogen) atoms. The van der Waals surface area contributed by atoms with Gasteiger partial charge in [-0.25, -0.2) is 0 Å². The molecule has 1 saturated carbocycles. The van der Waals surface area contributed by atoms with Crippen molar-refractivity contribution in [2.24, 2.45) is 23.7 Å². The SMILES string of the molecule is CC(C)OC(=O)CCC/C=C\C[C@H]1C(=O)C[C@@H](C)[C@@H]1/C=C/[C@@H](C)COc1cccc(C(F)(F)F)c1. The topological polar surface area (TPSA) is 52.6 Å². The summed E-state index contributed by atoms with van der Waals surface area (Å²) in [7, 11) is 0. The molecule has 0 spiro atoms. The molecule has 1 aromatic rings. The van der Waals surface area contributed by atoms with Gasteiger partial charge >= 0.3 is 12.1 Å². The summed E-state index contributed by atoms with van der Waals surface area (Å²) in [6, 6.07) is 4.87. The number of benzene rings is 1. The van der Waals surface area contributed by atoms with Crippen LogP contribution in [0.3, 0.4) is 0 Å². The summed E-state index contributed by atoms with van der Waals surface area (Å²) in [5.41, 5.74) is -0.733. The number of carbonyl (C=O) groups excluding carboxylic acids is 2. The molecule has 4 nitrogen and oxygen atoms in total. The van der Waals surface area contributed by atoms with E-state index in [-0.39, 0.29) is 53.9 Å². The van der Waals surface area contributed by atoms with Gasteiger partial charge in [0.05, 0.1) is 18.3 Å². The van der Waals surface area contributed by atoms with Crippen molar-refractivity contribution < 1.29 is 32.2 Å². The largest absolute Gasteiger partial charge is 0.493 e. The Bertz CT molecular complexity index is 888. The quantitative estimate of drug-likeness (QED) is 0.175. The highest BCUT2D eigenvalue weighted by Gasteiger charge is 2.37. The highest BCUT2D eigenvalue weighted by molar-refractivity contribution is 5.84. The van der Waals surface area contributed by atoms with E-state index in [1.165, 1.54) is 12.1 Å². The van der Waals surface area contributed by atoms with Gasteiger partial charge in [0.15, 0.2) is 0 Å². The molecule has 0 N–H and O–H groups in total. The van der Waals surface area contributed by atoms with Gasteiger partial charge in [-0.05, 0) is 63.1 Å². The second-order valence-corrected chi connectivity index (χ2v) is 9.67. The molecule has 1 aliphatic rings. The first kappa shape index (κ1) is 28.7. The van der Waals surface area contributed by atoms with Crippen molar-refractivity contribution in [2.75, 3.05) is 6.61 Å². The van der Waals surface area contributed by atoms with Crippen LogP contribution in [0, 0.1) is 23.7 Å². The summed E-state index contributed by atoms with van der Waals surface area (Å²) in [5, 5.41) is 0. The smallest absolute Gasteiger partial charge is 0.416 e. The van der Waals surface area contributed by atoms with Gasteiger partial charge in [-0.15, -0.1) is 0 Å². The van der Waals surface area contributed by atoms with Gasteiger partial charge in [0.2, 0.25) is 0 Å². The standard InChI is InChI=1S/C28H37F3O4/c1-19(2)35-27(33)13-8-6-5-7-12-25-24(21(4)16-26(25)32)15-14-20(3)18-34-23-11-9-10-22(17-23)28(29,30)31/h5,7,9-11,14-15,17,19-21,24-25H,6,8,12-13,16,18H2,1-4H3/b7-5-,15-14+/t20-,21-,24+,25-/m1/s1. The Morgan fingerprint density at radius 3 is 2.63 bits per heavy atom. The van der Waals surface area contributed by atoms with Crippen molar-refractivity contribution in [3.8, 4) is 5.75 Å². The summed E-state index contributed by atoms with van der Waals surface area (Å²) in [5.74, 6) is 0.498. The number of unbranched alkanes of at least 4 members (excludes halogenated alkanes) is 1. The lowest BCUT2D eigenvalue weighted by atomic mass is 9.86. The minimum atomic E-state index is -4.40. The van der Waals surface area contributed by atoms with Gasteiger partial charge in [0.25, 0.3) is 0 Å². The summed E-state index contributed by atoms with van der Waals surface area (Å²) in [6.07, 6.45) is 6.65. The second kappa shape index (κ2) is 13.5. The molecule has 0 aliphatic heterocycles. The molecule has 4 atom stereocenters. The predicted molar refractivity (Wildman–Crippen MR) is 130 cm³/mol. The molecule has 0 amide bonds. The fourth-order valence-electron chi connectivity index (χ4n) is 4.24. The number of rotatable bonds is 12. The first-order valence-electron chi connectivity index (χ1n) is 12.3. The normalized spacial score (nSPS) is 21.8. The Labute approximate surface area is 206 Å². The maximum absolute atomic E-state index is 12.9. The molecule has 194 valence electrons. The van der Waals surface area contributed by atoms with Gasteiger partial charge in [0.1, 0.15) is 11.5 Å². The third kappa shape index (κ3) is 9.90. The highest BCUT2D eigenvalue weighted by atomic mass is 19.4. The van der Waals surface area contributed by atoms with E-state index in [2.05, 4.69) is 13.0 Å². The van der Waals surface area contributed by atoms with Gasteiger partial charge < -0.3 is 9.47 Å². The van der Waals surface area contributed by atoms with Crippen LogP contribution in [0.15, 0.2) is 48.6 Å². The summed E-state index contributed by atoms with van der Waals surface area (Å²) < 4.78 is 49.3. The van der Waals surface area contributed by atoms with Crippen LogP contribution in [0.5, 0.6) is 5.75 Å². The zero-order valence-corrected chi connectivity index (χ0v) is 21.0. The van der Waals surface area contributed by atoms with E-state index < -0.39 is 11.7 Å². The number of ether oxygens (including phenoxy) is 2. The number of esters is 1. The Hall–Kier alpha value is -2.57. The van der Waals surface area contributed by atoms with E-state index in [4.69, 9.17) is 9.47 Å². The Morgan fingerprint density at radius 1 is 1.20 bits per heavy atom. The molecule has 0 heterocycles. The zero-order chi connectivity index (χ0) is 26.0. The third-order valence-electron chi connectivity index (χ3n) is 6.07. The minimum absolute atomic E-state index is 0.0192. The molecule has 0 unspecified atom stereocenters. The van der Waals surface area contributed by atoms with Crippen LogP contribution in [0.4, 0.5) is 13.2 Å². The Kier molecular flexibility index (Phi) is 11.1. The molecule has 0 bridgehead atoms. The average Bonchev–Trinajstić information content (AvgIpc) is 3.04. The maximum Gasteiger partial charge on any atom is 0.416 e. The number of ketones is 1. The Balaban J connectivity index is 1.83. The van der Waals surface area contributed by atoms with E-state index in [0.29, 0.717) is 25.7 Å². The van der Waals surface area contributed by atoms with Crippen molar-refractivity contribution in [1.29, 1.82) is 0 Å². The summed E-state index contributed by atoms with van der Waals surface area (Å²) >= 11 is 0. The lowest BCUT2D eigenvalue weighted by Gasteiger charge is -2.18. The average molecular weight is 495 g/mol. The molecule has 7 heteroatoms. The van der Waals surface area contributed by atoms with Crippen molar-refractivity contribution in [3.05, 3.63) is 54.1 Å². The molecule has 2 rings (SSSR count). The van der Waals surface area contributed by atoms with Crippen LogP contribution in [0.1, 0.15) is 65.4 Å². The third-order valence-corrected chi connectivity index (χ3v) is 6.07. The first-order valence-corrected chi connectivity index (χ1v) is 12.3. The van der Waals surface area contributed by atoms with Crippen LogP contribution in [-0.4, -0.2) is 24.5 Å². The number of hydrogen-bond acceptors (Lipinski definition) is 4. The van der Waals surface area contributed by atoms with Gasteiger partial charge in [-0.2, -0.15) is 13.2 Å². The highest BCUT2D eigenvalue weighted by Crippen LogP contribution is 2.38. The fourth-order valence-corrected chi connectivity index (χ4v) is 4.24. The minimum Gasteiger partial charge on any atom is -0.493 e. The van der Waals surface area contributed by atoms with Crippen LogP contribution in [-0.2, 0) is 20.5 Å². The summed E-state index contributed by atoms with van der Waals surface area (Å²) in [6.45, 7) is 7.90. The molecule has 1 aliphatic carbocycles. The Morgan fingerprint density at radius 2 is 1.94 bits per heavy atom. The van der Waals surface area contributed by atoms with Crippen LogP contribution < -0.4 is 4.74 Å². The van der Waals surface area contributed by atoms with E-state index >= 15 is 0 Å². The molecular formula is C28H37F3O4. The first-order chi connectivity index (χ1) is 16.5. The number of halogens is 3. The van der Waals surface area contributed by atoms with Crippen LogP contribution >= 0.6 is 0 Å². The number of carbonyl (C=O) groups is 2. The van der Waals surface area contributed by atoms with E-state index in [0.717, 1.165) is 18.6 Å². The van der Waals surface area contributed by atoms with Crippen molar-refractivity contribution in [2.45, 2.75) is 72.1 Å². The van der Waals surface area contributed by atoms with Crippen LogP contribution in [0.25, 0.3) is 0 Å². The number of allylic oxidation sites excluding steroid dienone is 3. The maximum atomic E-state index is 12.9. The van der Waals surface area contributed by atoms with Crippen molar-refractivity contribution >= 4 is 11.8 Å². The van der Waals surface area contributed by atoms with Crippen LogP contribution in [0.2, 0.25) is 0 Å².